The number of nitrogens with zero attached hydrogens (tertiary/aromatic N) is 1. The summed E-state index contributed by atoms with van der Waals surface area (Å²) in [6.07, 6.45) is 1.09. The van der Waals surface area contributed by atoms with E-state index >= 15 is 0 Å². The summed E-state index contributed by atoms with van der Waals surface area (Å²) in [5.41, 5.74) is 2.79. The molecule has 2 aliphatic heterocycles. The SMILES string of the molecule is OCC1COCCN1C1CCNCc2ccccc21. The topological polar surface area (TPSA) is 44.7 Å². The van der Waals surface area contributed by atoms with E-state index in [2.05, 4.69) is 34.5 Å². The Balaban J connectivity index is 1.90. The Bertz CT molecular complexity index is 424. The minimum atomic E-state index is 0.130. The first-order valence-electron chi connectivity index (χ1n) is 7.13. The monoisotopic (exact) mass is 262 g/mol. The molecule has 4 heteroatoms. The van der Waals surface area contributed by atoms with Gasteiger partial charge in [0, 0.05) is 19.1 Å². The molecule has 3 rings (SSSR count). The van der Waals surface area contributed by atoms with Gasteiger partial charge in [0.25, 0.3) is 0 Å². The maximum atomic E-state index is 9.57. The van der Waals surface area contributed by atoms with Gasteiger partial charge in [0.15, 0.2) is 0 Å². The Morgan fingerprint density at radius 3 is 3.16 bits per heavy atom. The Labute approximate surface area is 114 Å². The van der Waals surface area contributed by atoms with E-state index in [1.165, 1.54) is 11.1 Å². The highest BCUT2D eigenvalue weighted by Crippen LogP contribution is 2.31. The number of rotatable bonds is 2. The second kappa shape index (κ2) is 6.01. The zero-order chi connectivity index (χ0) is 13.1. The van der Waals surface area contributed by atoms with Crippen LogP contribution in [-0.2, 0) is 11.3 Å². The lowest BCUT2D eigenvalue weighted by Crippen LogP contribution is -2.49. The maximum Gasteiger partial charge on any atom is 0.0645 e. The van der Waals surface area contributed by atoms with Crippen molar-refractivity contribution in [3.63, 3.8) is 0 Å². The van der Waals surface area contributed by atoms with Crippen LogP contribution >= 0.6 is 0 Å². The van der Waals surface area contributed by atoms with Gasteiger partial charge in [-0.25, -0.2) is 0 Å². The Hall–Kier alpha value is -0.940. The average Bonchev–Trinajstić information content (AvgIpc) is 2.69. The van der Waals surface area contributed by atoms with Crippen molar-refractivity contribution in [2.75, 3.05) is 32.9 Å². The van der Waals surface area contributed by atoms with Gasteiger partial charge < -0.3 is 15.2 Å². The molecular formula is C15H22N2O2. The van der Waals surface area contributed by atoms with Crippen molar-refractivity contribution in [1.82, 2.24) is 10.2 Å². The Morgan fingerprint density at radius 1 is 1.37 bits per heavy atom. The van der Waals surface area contributed by atoms with Crippen molar-refractivity contribution in [2.24, 2.45) is 0 Å². The normalized spacial score (nSPS) is 28.7. The van der Waals surface area contributed by atoms with E-state index < -0.39 is 0 Å². The number of aliphatic hydroxyl groups excluding tert-OH is 1. The number of ether oxygens (including phenoxy) is 1. The van der Waals surface area contributed by atoms with Gasteiger partial charge in [0.1, 0.15) is 0 Å². The molecular weight excluding hydrogens is 240 g/mol. The van der Waals surface area contributed by atoms with Crippen LogP contribution in [0.1, 0.15) is 23.6 Å². The van der Waals surface area contributed by atoms with Crippen LogP contribution in [-0.4, -0.2) is 49.0 Å². The largest absolute Gasteiger partial charge is 0.395 e. The summed E-state index contributed by atoms with van der Waals surface area (Å²) in [6, 6.07) is 9.18. The Kier molecular flexibility index (Phi) is 4.13. The van der Waals surface area contributed by atoms with Crippen molar-refractivity contribution < 1.29 is 9.84 Å². The summed E-state index contributed by atoms with van der Waals surface area (Å²) >= 11 is 0. The molecule has 2 heterocycles. The molecule has 104 valence electrons. The third-order valence-electron chi connectivity index (χ3n) is 4.21. The van der Waals surface area contributed by atoms with Crippen molar-refractivity contribution in [3.8, 4) is 0 Å². The molecule has 1 aromatic rings. The van der Waals surface area contributed by atoms with Crippen LogP contribution in [0.5, 0.6) is 0 Å². The summed E-state index contributed by atoms with van der Waals surface area (Å²) in [6.45, 7) is 4.46. The van der Waals surface area contributed by atoms with Gasteiger partial charge >= 0.3 is 0 Å². The van der Waals surface area contributed by atoms with Gasteiger partial charge in [-0.3, -0.25) is 4.90 Å². The zero-order valence-corrected chi connectivity index (χ0v) is 11.2. The van der Waals surface area contributed by atoms with Gasteiger partial charge in [-0.15, -0.1) is 0 Å². The number of hydrogen-bond acceptors (Lipinski definition) is 4. The van der Waals surface area contributed by atoms with Crippen molar-refractivity contribution in [2.45, 2.75) is 25.0 Å². The predicted molar refractivity (Wildman–Crippen MR) is 73.9 cm³/mol. The van der Waals surface area contributed by atoms with Gasteiger partial charge in [-0.1, -0.05) is 24.3 Å². The highest BCUT2D eigenvalue weighted by Gasteiger charge is 2.31. The van der Waals surface area contributed by atoms with Crippen LogP contribution in [0.2, 0.25) is 0 Å². The number of nitrogens with one attached hydrogen (secondary N) is 1. The molecule has 19 heavy (non-hydrogen) atoms. The quantitative estimate of drug-likeness (QED) is 0.832. The fourth-order valence-corrected chi connectivity index (χ4v) is 3.22. The first-order valence-corrected chi connectivity index (χ1v) is 7.13. The fraction of sp³-hybridized carbons (Fsp3) is 0.600. The van der Waals surface area contributed by atoms with E-state index in [0.29, 0.717) is 12.6 Å². The Morgan fingerprint density at radius 2 is 2.26 bits per heavy atom. The van der Waals surface area contributed by atoms with Gasteiger partial charge in [0.2, 0.25) is 0 Å². The smallest absolute Gasteiger partial charge is 0.0645 e. The van der Waals surface area contributed by atoms with Crippen LogP contribution in [0.15, 0.2) is 24.3 Å². The lowest BCUT2D eigenvalue weighted by atomic mass is 9.96. The minimum absolute atomic E-state index is 0.130. The first-order chi connectivity index (χ1) is 9.40. The van der Waals surface area contributed by atoms with Crippen molar-refractivity contribution >= 4 is 0 Å². The second-order valence-corrected chi connectivity index (χ2v) is 5.33. The van der Waals surface area contributed by atoms with E-state index in [-0.39, 0.29) is 12.6 Å². The minimum Gasteiger partial charge on any atom is -0.395 e. The van der Waals surface area contributed by atoms with Crippen LogP contribution in [0.4, 0.5) is 0 Å². The molecule has 0 radical (unpaired) electrons. The number of hydrogen-bond donors (Lipinski definition) is 2. The predicted octanol–water partition coefficient (Wildman–Crippen LogP) is 0.914. The molecule has 0 bridgehead atoms. The van der Waals surface area contributed by atoms with Crippen LogP contribution in [0.25, 0.3) is 0 Å². The second-order valence-electron chi connectivity index (χ2n) is 5.33. The summed E-state index contributed by atoms with van der Waals surface area (Å²) < 4.78 is 5.50. The summed E-state index contributed by atoms with van der Waals surface area (Å²) in [7, 11) is 0. The van der Waals surface area contributed by atoms with Gasteiger partial charge in [-0.05, 0) is 24.1 Å². The van der Waals surface area contributed by atoms with E-state index in [0.717, 1.165) is 32.7 Å². The van der Waals surface area contributed by atoms with E-state index in [9.17, 15) is 5.11 Å². The lowest BCUT2D eigenvalue weighted by molar-refractivity contribution is -0.0490. The van der Waals surface area contributed by atoms with Gasteiger partial charge in [0.05, 0.1) is 25.9 Å². The molecule has 2 aliphatic rings. The van der Waals surface area contributed by atoms with Crippen LogP contribution < -0.4 is 5.32 Å². The summed E-state index contributed by atoms with van der Waals surface area (Å²) in [5, 5.41) is 13.1. The zero-order valence-electron chi connectivity index (χ0n) is 11.2. The van der Waals surface area contributed by atoms with Gasteiger partial charge in [-0.2, -0.15) is 0 Å². The van der Waals surface area contributed by atoms with Crippen LogP contribution in [0, 0.1) is 0 Å². The molecule has 1 saturated heterocycles. The highest BCUT2D eigenvalue weighted by atomic mass is 16.5. The fourth-order valence-electron chi connectivity index (χ4n) is 3.22. The number of benzene rings is 1. The molecule has 0 aromatic heterocycles. The van der Waals surface area contributed by atoms with Crippen molar-refractivity contribution in [3.05, 3.63) is 35.4 Å². The summed E-state index contributed by atoms with van der Waals surface area (Å²) in [4.78, 5) is 2.43. The molecule has 0 saturated carbocycles. The molecule has 2 N–H and O–H groups in total. The molecule has 2 unspecified atom stereocenters. The van der Waals surface area contributed by atoms with E-state index in [1.54, 1.807) is 0 Å². The highest BCUT2D eigenvalue weighted by molar-refractivity contribution is 5.31. The van der Waals surface area contributed by atoms with E-state index in [1.807, 2.05) is 0 Å². The van der Waals surface area contributed by atoms with Crippen LogP contribution in [0.3, 0.4) is 0 Å². The number of morpholine rings is 1. The third kappa shape index (κ3) is 2.67. The third-order valence-corrected chi connectivity index (χ3v) is 4.21. The molecule has 1 aromatic carbocycles. The molecule has 0 aliphatic carbocycles. The standard InChI is InChI=1S/C15H22N2O2/c18-10-13-11-19-8-7-17(13)15-5-6-16-9-12-3-1-2-4-14(12)15/h1-4,13,15-16,18H,5-11H2. The van der Waals surface area contributed by atoms with Crippen molar-refractivity contribution in [1.29, 1.82) is 0 Å². The lowest BCUT2D eigenvalue weighted by Gasteiger charge is -2.40. The molecule has 4 nitrogen and oxygen atoms in total. The number of fused-ring (bicyclic) bond motifs is 1. The average molecular weight is 262 g/mol. The molecule has 0 amide bonds. The molecule has 1 fully saturated rings. The summed E-state index contributed by atoms with van der Waals surface area (Å²) in [5.74, 6) is 0. The van der Waals surface area contributed by atoms with E-state index in [4.69, 9.17) is 4.74 Å². The first kappa shape index (κ1) is 13.1. The number of aliphatic hydroxyl groups is 1. The molecule has 2 atom stereocenters. The maximum absolute atomic E-state index is 9.57. The molecule has 0 spiro atoms.